The minimum Gasteiger partial charge on any atom is -0.481 e. The Hall–Kier alpha value is -2.70. The van der Waals surface area contributed by atoms with Crippen molar-refractivity contribution in [2.75, 3.05) is 5.32 Å². The third-order valence-electron chi connectivity index (χ3n) is 3.10. The predicted molar refractivity (Wildman–Crippen MR) is 75.9 cm³/mol. The number of aryl methyl sites for hydroxylation is 1. The Kier molecular flexibility index (Phi) is 4.32. The fraction of sp³-hybridized carbons (Fsp3) is 0.286. The summed E-state index contributed by atoms with van der Waals surface area (Å²) in [7, 11) is 0. The first-order valence-corrected chi connectivity index (χ1v) is 6.42. The van der Waals surface area contributed by atoms with Gasteiger partial charge in [-0.15, -0.1) is 5.10 Å². The molecule has 0 aliphatic rings. The summed E-state index contributed by atoms with van der Waals surface area (Å²) in [6, 6.07) is 5.68. The van der Waals surface area contributed by atoms with E-state index in [1.165, 1.54) is 10.9 Å². The lowest BCUT2D eigenvalue weighted by Gasteiger charge is -2.10. The van der Waals surface area contributed by atoms with Gasteiger partial charge in [0.1, 0.15) is 6.54 Å². The maximum atomic E-state index is 12.0. The van der Waals surface area contributed by atoms with Gasteiger partial charge in [0.05, 0.1) is 12.1 Å². The number of amides is 1. The highest BCUT2D eigenvalue weighted by molar-refractivity contribution is 5.91. The van der Waals surface area contributed by atoms with E-state index < -0.39 is 5.97 Å². The molecule has 0 saturated heterocycles. The minimum absolute atomic E-state index is 0.0139. The molecule has 0 atom stereocenters. The Balaban J connectivity index is 2.00. The summed E-state index contributed by atoms with van der Waals surface area (Å²) >= 11 is 0. The number of aromatic nitrogens is 3. The molecule has 1 aromatic heterocycles. The molecule has 110 valence electrons. The average molecular weight is 288 g/mol. The minimum atomic E-state index is -0.984. The summed E-state index contributed by atoms with van der Waals surface area (Å²) < 4.78 is 1.32. The zero-order valence-corrected chi connectivity index (χ0v) is 11.8. The predicted octanol–water partition coefficient (Wildman–Crippen LogP) is 1.16. The van der Waals surface area contributed by atoms with Crippen LogP contribution in [0.4, 0.5) is 5.69 Å². The van der Waals surface area contributed by atoms with Crippen LogP contribution in [-0.2, 0) is 22.6 Å². The lowest BCUT2D eigenvalue weighted by Crippen LogP contribution is -2.19. The monoisotopic (exact) mass is 288 g/mol. The van der Waals surface area contributed by atoms with Crippen LogP contribution in [0, 0.1) is 13.8 Å². The molecular weight excluding hydrogens is 272 g/mol. The Bertz CT molecular complexity index is 679. The molecule has 7 heteroatoms. The van der Waals surface area contributed by atoms with Crippen molar-refractivity contribution in [2.24, 2.45) is 0 Å². The van der Waals surface area contributed by atoms with Crippen molar-refractivity contribution in [3.63, 3.8) is 0 Å². The summed E-state index contributed by atoms with van der Waals surface area (Å²) in [4.78, 5) is 22.5. The van der Waals surface area contributed by atoms with Crippen molar-refractivity contribution < 1.29 is 14.7 Å². The van der Waals surface area contributed by atoms with Crippen molar-refractivity contribution in [2.45, 2.75) is 26.8 Å². The smallest absolute Gasteiger partial charge is 0.309 e. The quantitative estimate of drug-likeness (QED) is 0.860. The molecule has 0 radical (unpaired) electrons. The molecule has 2 aromatic rings. The van der Waals surface area contributed by atoms with Crippen molar-refractivity contribution in [3.8, 4) is 0 Å². The highest BCUT2D eigenvalue weighted by Crippen LogP contribution is 2.17. The Morgan fingerprint density at radius 2 is 2.10 bits per heavy atom. The van der Waals surface area contributed by atoms with Gasteiger partial charge >= 0.3 is 5.97 Å². The zero-order chi connectivity index (χ0) is 15.4. The first-order valence-electron chi connectivity index (χ1n) is 6.42. The molecule has 0 aliphatic heterocycles. The molecule has 2 N–H and O–H groups in total. The molecule has 0 fully saturated rings. The number of hydrogen-bond acceptors (Lipinski definition) is 4. The molecule has 0 unspecified atom stereocenters. The number of nitrogens with zero attached hydrogens (tertiary/aromatic N) is 3. The Morgan fingerprint density at radius 1 is 1.33 bits per heavy atom. The molecule has 0 bridgehead atoms. The van der Waals surface area contributed by atoms with Gasteiger partial charge in [0.15, 0.2) is 0 Å². The molecular formula is C14H16N4O3. The highest BCUT2D eigenvalue weighted by atomic mass is 16.4. The van der Waals surface area contributed by atoms with Gasteiger partial charge in [-0.05, 0) is 31.0 Å². The van der Waals surface area contributed by atoms with E-state index in [-0.39, 0.29) is 18.9 Å². The normalized spacial score (nSPS) is 10.4. The summed E-state index contributed by atoms with van der Waals surface area (Å²) in [5.74, 6) is -1.22. The van der Waals surface area contributed by atoms with Crippen LogP contribution in [0.25, 0.3) is 0 Å². The third-order valence-corrected chi connectivity index (χ3v) is 3.10. The lowest BCUT2D eigenvalue weighted by atomic mass is 10.1. The Morgan fingerprint density at radius 3 is 2.81 bits per heavy atom. The number of rotatable bonds is 5. The number of carbonyl (C=O) groups excluding carboxylic acids is 1. The summed E-state index contributed by atoms with van der Waals surface area (Å²) in [5.41, 5.74) is 3.18. The van der Waals surface area contributed by atoms with Gasteiger partial charge < -0.3 is 10.4 Å². The van der Waals surface area contributed by atoms with E-state index in [2.05, 4.69) is 15.6 Å². The molecule has 0 aliphatic carbocycles. The number of nitrogens with one attached hydrogen (secondary N) is 1. The van der Waals surface area contributed by atoms with E-state index >= 15 is 0 Å². The van der Waals surface area contributed by atoms with E-state index in [4.69, 9.17) is 5.11 Å². The van der Waals surface area contributed by atoms with Crippen LogP contribution in [0.2, 0.25) is 0 Å². The van der Waals surface area contributed by atoms with Crippen LogP contribution in [0.1, 0.15) is 16.8 Å². The van der Waals surface area contributed by atoms with Crippen LogP contribution in [0.5, 0.6) is 0 Å². The summed E-state index contributed by atoms with van der Waals surface area (Å²) in [6.45, 7) is 3.89. The van der Waals surface area contributed by atoms with Crippen molar-refractivity contribution in [1.82, 2.24) is 15.0 Å². The molecule has 1 amide bonds. The first kappa shape index (κ1) is 14.7. The van der Waals surface area contributed by atoms with Crippen molar-refractivity contribution in [3.05, 3.63) is 41.2 Å². The second kappa shape index (κ2) is 6.17. The molecule has 2 rings (SSSR count). The molecule has 21 heavy (non-hydrogen) atoms. The summed E-state index contributed by atoms with van der Waals surface area (Å²) in [6.07, 6.45) is 1.25. The van der Waals surface area contributed by atoms with Gasteiger partial charge in [-0.25, -0.2) is 4.68 Å². The van der Waals surface area contributed by atoms with E-state index in [9.17, 15) is 9.59 Å². The number of carbonyl (C=O) groups is 2. The van der Waals surface area contributed by atoms with Gasteiger partial charge in [-0.3, -0.25) is 9.59 Å². The van der Waals surface area contributed by atoms with Crippen LogP contribution in [0.3, 0.4) is 0 Å². The van der Waals surface area contributed by atoms with E-state index in [1.807, 2.05) is 32.0 Å². The standard InChI is InChI=1S/C14H16N4O3/c1-9-4-3-5-12(10(9)2)15-13(19)8-18-7-11(16-17-18)6-14(20)21/h3-5,7H,6,8H2,1-2H3,(H,15,19)(H,20,21). The summed E-state index contributed by atoms with van der Waals surface area (Å²) in [5, 5.41) is 18.9. The van der Waals surface area contributed by atoms with E-state index in [0.717, 1.165) is 16.8 Å². The van der Waals surface area contributed by atoms with Crippen molar-refractivity contribution >= 4 is 17.6 Å². The Labute approximate surface area is 121 Å². The maximum Gasteiger partial charge on any atom is 0.309 e. The third kappa shape index (κ3) is 3.88. The second-order valence-electron chi connectivity index (χ2n) is 4.77. The number of hydrogen-bond donors (Lipinski definition) is 2. The lowest BCUT2D eigenvalue weighted by molar-refractivity contribution is -0.136. The molecule has 7 nitrogen and oxygen atoms in total. The SMILES string of the molecule is Cc1cccc(NC(=O)Cn2cc(CC(=O)O)nn2)c1C. The van der Waals surface area contributed by atoms with Gasteiger partial charge in [0.2, 0.25) is 5.91 Å². The van der Waals surface area contributed by atoms with Gasteiger partial charge in [-0.1, -0.05) is 17.3 Å². The number of carboxylic acid groups (broad SMARTS) is 1. The van der Waals surface area contributed by atoms with Gasteiger partial charge in [-0.2, -0.15) is 0 Å². The van der Waals surface area contributed by atoms with Crippen molar-refractivity contribution in [1.29, 1.82) is 0 Å². The highest BCUT2D eigenvalue weighted by Gasteiger charge is 2.10. The second-order valence-corrected chi connectivity index (χ2v) is 4.77. The maximum absolute atomic E-state index is 12.0. The number of benzene rings is 1. The van der Waals surface area contributed by atoms with Gasteiger partial charge in [0, 0.05) is 11.9 Å². The van der Waals surface area contributed by atoms with E-state index in [1.54, 1.807) is 0 Å². The topological polar surface area (TPSA) is 97.1 Å². The number of anilines is 1. The first-order chi connectivity index (χ1) is 9.95. The number of aliphatic carboxylic acids is 1. The molecule has 1 aromatic carbocycles. The zero-order valence-electron chi connectivity index (χ0n) is 11.8. The fourth-order valence-electron chi connectivity index (χ4n) is 1.88. The van der Waals surface area contributed by atoms with Crippen LogP contribution < -0.4 is 5.32 Å². The number of carboxylic acids is 1. The van der Waals surface area contributed by atoms with Crippen LogP contribution in [0.15, 0.2) is 24.4 Å². The molecule has 0 spiro atoms. The van der Waals surface area contributed by atoms with Gasteiger partial charge in [0.25, 0.3) is 0 Å². The van der Waals surface area contributed by atoms with E-state index in [0.29, 0.717) is 5.69 Å². The average Bonchev–Trinajstić information content (AvgIpc) is 2.81. The van der Waals surface area contributed by atoms with Crippen LogP contribution in [-0.4, -0.2) is 32.0 Å². The van der Waals surface area contributed by atoms with Crippen LogP contribution >= 0.6 is 0 Å². The fourth-order valence-corrected chi connectivity index (χ4v) is 1.88. The molecule has 0 saturated carbocycles. The molecule has 1 heterocycles. The largest absolute Gasteiger partial charge is 0.481 e.